The monoisotopic (exact) mass is 288 g/mol. The van der Waals surface area contributed by atoms with Crippen molar-refractivity contribution in [3.05, 3.63) is 29.6 Å². The SMILES string of the molecule is Cc1nc2ccc(C(=O)O)cc2n1C(C)C1CCOCC1. The maximum absolute atomic E-state index is 11.2. The first-order valence-electron chi connectivity index (χ1n) is 7.37. The molecule has 0 saturated carbocycles. The van der Waals surface area contributed by atoms with E-state index in [1.54, 1.807) is 18.2 Å². The zero-order valence-electron chi connectivity index (χ0n) is 12.4. The minimum Gasteiger partial charge on any atom is -0.478 e. The molecular weight excluding hydrogens is 268 g/mol. The molecule has 5 nitrogen and oxygen atoms in total. The average molecular weight is 288 g/mol. The molecule has 0 spiro atoms. The van der Waals surface area contributed by atoms with Crippen LogP contribution in [0.2, 0.25) is 0 Å². The summed E-state index contributed by atoms with van der Waals surface area (Å²) in [5, 5.41) is 9.18. The number of hydrogen-bond donors (Lipinski definition) is 1. The minimum atomic E-state index is -0.902. The highest BCUT2D eigenvalue weighted by molar-refractivity contribution is 5.92. The molecule has 0 bridgehead atoms. The topological polar surface area (TPSA) is 64.3 Å². The number of aryl methyl sites for hydroxylation is 1. The summed E-state index contributed by atoms with van der Waals surface area (Å²) in [6.07, 6.45) is 2.08. The number of rotatable bonds is 3. The van der Waals surface area contributed by atoms with E-state index in [2.05, 4.69) is 16.5 Å². The zero-order valence-corrected chi connectivity index (χ0v) is 12.4. The fourth-order valence-corrected chi connectivity index (χ4v) is 3.27. The Labute approximate surface area is 123 Å². The van der Waals surface area contributed by atoms with Crippen LogP contribution in [0.5, 0.6) is 0 Å². The van der Waals surface area contributed by atoms with Crippen molar-refractivity contribution in [3.8, 4) is 0 Å². The number of benzene rings is 1. The van der Waals surface area contributed by atoms with Gasteiger partial charge in [-0.2, -0.15) is 0 Å². The average Bonchev–Trinajstić information content (AvgIpc) is 2.82. The van der Waals surface area contributed by atoms with E-state index in [1.165, 1.54) is 0 Å². The van der Waals surface area contributed by atoms with Crippen LogP contribution in [0.1, 0.15) is 42.0 Å². The van der Waals surface area contributed by atoms with E-state index in [-0.39, 0.29) is 0 Å². The second-order valence-corrected chi connectivity index (χ2v) is 5.73. The predicted molar refractivity (Wildman–Crippen MR) is 79.7 cm³/mol. The molecule has 1 aromatic carbocycles. The number of imidazole rings is 1. The van der Waals surface area contributed by atoms with Crippen LogP contribution in [0.3, 0.4) is 0 Å². The van der Waals surface area contributed by atoms with Crippen LogP contribution in [-0.4, -0.2) is 33.8 Å². The zero-order chi connectivity index (χ0) is 15.0. The molecule has 0 aliphatic carbocycles. The summed E-state index contributed by atoms with van der Waals surface area (Å²) in [6.45, 7) is 5.79. The van der Waals surface area contributed by atoms with Crippen molar-refractivity contribution < 1.29 is 14.6 Å². The third kappa shape index (κ3) is 2.53. The van der Waals surface area contributed by atoms with Gasteiger partial charge >= 0.3 is 5.97 Å². The van der Waals surface area contributed by atoms with Crippen molar-refractivity contribution in [2.45, 2.75) is 32.7 Å². The first kappa shape index (κ1) is 14.1. The molecule has 2 aromatic rings. The van der Waals surface area contributed by atoms with E-state index in [0.717, 1.165) is 42.9 Å². The summed E-state index contributed by atoms with van der Waals surface area (Å²) in [5.74, 6) is 0.580. The second-order valence-electron chi connectivity index (χ2n) is 5.73. The van der Waals surface area contributed by atoms with Crippen LogP contribution in [0.25, 0.3) is 11.0 Å². The molecule has 1 saturated heterocycles. The van der Waals surface area contributed by atoms with Crippen LogP contribution in [-0.2, 0) is 4.74 Å². The molecule has 5 heteroatoms. The van der Waals surface area contributed by atoms with Gasteiger partial charge in [0.15, 0.2) is 0 Å². The Hall–Kier alpha value is -1.88. The number of ether oxygens (including phenoxy) is 1. The Kier molecular flexibility index (Phi) is 3.68. The summed E-state index contributed by atoms with van der Waals surface area (Å²) in [6, 6.07) is 5.43. The molecule has 1 N–H and O–H groups in total. The maximum Gasteiger partial charge on any atom is 0.335 e. The standard InChI is InChI=1S/C16H20N2O3/c1-10(12-5-7-21-8-6-12)18-11(2)17-14-4-3-13(16(19)20)9-15(14)18/h3-4,9-10,12H,5-8H2,1-2H3,(H,19,20). The molecule has 1 aliphatic heterocycles. The summed E-state index contributed by atoms with van der Waals surface area (Å²) >= 11 is 0. The van der Waals surface area contributed by atoms with Crippen molar-refractivity contribution in [3.63, 3.8) is 0 Å². The lowest BCUT2D eigenvalue weighted by Gasteiger charge is -2.29. The minimum absolute atomic E-state index is 0.294. The number of aromatic carboxylic acids is 1. The van der Waals surface area contributed by atoms with Gasteiger partial charge in [0, 0.05) is 19.3 Å². The van der Waals surface area contributed by atoms with E-state index in [0.29, 0.717) is 17.5 Å². The quantitative estimate of drug-likeness (QED) is 0.943. The number of hydrogen-bond acceptors (Lipinski definition) is 3. The Balaban J connectivity index is 2.05. The molecule has 1 unspecified atom stereocenters. The van der Waals surface area contributed by atoms with Gasteiger partial charge in [0.05, 0.1) is 16.6 Å². The number of nitrogens with zero attached hydrogens (tertiary/aromatic N) is 2. The lowest BCUT2D eigenvalue weighted by molar-refractivity contribution is 0.0516. The number of fused-ring (bicyclic) bond motifs is 1. The normalized spacial score (nSPS) is 18.0. The van der Waals surface area contributed by atoms with Crippen molar-refractivity contribution >= 4 is 17.0 Å². The summed E-state index contributed by atoms with van der Waals surface area (Å²) < 4.78 is 7.61. The molecule has 112 valence electrons. The fraction of sp³-hybridized carbons (Fsp3) is 0.500. The number of carbonyl (C=O) groups is 1. The van der Waals surface area contributed by atoms with Gasteiger partial charge in [0.25, 0.3) is 0 Å². The highest BCUT2D eigenvalue weighted by Crippen LogP contribution is 2.31. The van der Waals surface area contributed by atoms with Gasteiger partial charge in [0.1, 0.15) is 5.82 Å². The molecule has 21 heavy (non-hydrogen) atoms. The number of carboxylic acids is 1. The van der Waals surface area contributed by atoms with Gasteiger partial charge in [-0.05, 0) is 50.8 Å². The number of aromatic nitrogens is 2. The second kappa shape index (κ2) is 5.48. The van der Waals surface area contributed by atoms with Crippen molar-refractivity contribution in [2.24, 2.45) is 5.92 Å². The van der Waals surface area contributed by atoms with Gasteiger partial charge in [-0.1, -0.05) is 0 Å². The number of carboxylic acid groups (broad SMARTS) is 1. The molecule has 1 fully saturated rings. The van der Waals surface area contributed by atoms with E-state index < -0.39 is 5.97 Å². The molecule has 1 aliphatic rings. The lowest BCUT2D eigenvalue weighted by atomic mass is 9.92. The molecule has 1 atom stereocenters. The van der Waals surface area contributed by atoms with Crippen LogP contribution < -0.4 is 0 Å². The smallest absolute Gasteiger partial charge is 0.335 e. The first-order valence-corrected chi connectivity index (χ1v) is 7.37. The summed E-state index contributed by atoms with van der Waals surface area (Å²) in [4.78, 5) is 15.8. The van der Waals surface area contributed by atoms with Gasteiger partial charge in [-0.25, -0.2) is 9.78 Å². The van der Waals surface area contributed by atoms with Crippen molar-refractivity contribution in [1.82, 2.24) is 9.55 Å². The molecule has 3 rings (SSSR count). The fourth-order valence-electron chi connectivity index (χ4n) is 3.27. The Morgan fingerprint density at radius 2 is 2.14 bits per heavy atom. The predicted octanol–water partition coefficient (Wildman–Crippen LogP) is 3.03. The van der Waals surface area contributed by atoms with Gasteiger partial charge in [-0.3, -0.25) is 0 Å². The van der Waals surface area contributed by atoms with Crippen LogP contribution in [0.4, 0.5) is 0 Å². The third-order valence-corrected chi connectivity index (χ3v) is 4.47. The van der Waals surface area contributed by atoms with Crippen molar-refractivity contribution in [1.29, 1.82) is 0 Å². The highest BCUT2D eigenvalue weighted by atomic mass is 16.5. The van der Waals surface area contributed by atoms with Gasteiger partial charge in [0.2, 0.25) is 0 Å². The summed E-state index contributed by atoms with van der Waals surface area (Å²) in [7, 11) is 0. The molecule has 0 amide bonds. The van der Waals surface area contributed by atoms with Crippen LogP contribution in [0.15, 0.2) is 18.2 Å². The van der Waals surface area contributed by atoms with Crippen LogP contribution >= 0.6 is 0 Å². The summed E-state index contributed by atoms with van der Waals surface area (Å²) in [5.41, 5.74) is 2.07. The Morgan fingerprint density at radius 3 is 2.81 bits per heavy atom. The first-order chi connectivity index (χ1) is 10.1. The molecular formula is C16H20N2O3. The van der Waals surface area contributed by atoms with E-state index in [4.69, 9.17) is 4.74 Å². The van der Waals surface area contributed by atoms with Crippen molar-refractivity contribution in [2.75, 3.05) is 13.2 Å². The Morgan fingerprint density at radius 1 is 1.43 bits per heavy atom. The molecule has 0 radical (unpaired) electrons. The lowest BCUT2D eigenvalue weighted by Crippen LogP contribution is -2.24. The molecule has 2 heterocycles. The maximum atomic E-state index is 11.2. The molecule has 1 aromatic heterocycles. The van der Waals surface area contributed by atoms with E-state index in [1.807, 2.05) is 6.92 Å². The van der Waals surface area contributed by atoms with E-state index in [9.17, 15) is 9.90 Å². The van der Waals surface area contributed by atoms with Gasteiger partial charge < -0.3 is 14.4 Å². The highest BCUT2D eigenvalue weighted by Gasteiger charge is 2.24. The van der Waals surface area contributed by atoms with E-state index >= 15 is 0 Å². The van der Waals surface area contributed by atoms with Gasteiger partial charge in [-0.15, -0.1) is 0 Å². The largest absolute Gasteiger partial charge is 0.478 e. The Bertz CT molecular complexity index is 671. The van der Waals surface area contributed by atoms with Crippen LogP contribution in [0, 0.1) is 12.8 Å². The third-order valence-electron chi connectivity index (χ3n) is 4.47.